The first-order valence-corrected chi connectivity index (χ1v) is 8.79. The number of anilines is 2. The van der Waals surface area contributed by atoms with E-state index >= 15 is 0 Å². The molecule has 1 amide bonds. The van der Waals surface area contributed by atoms with Crippen LogP contribution in [0.1, 0.15) is 17.3 Å². The number of aromatic nitrogens is 1. The molecule has 122 valence electrons. The number of carbonyl (C=O) groups excluding carboxylic acids is 1. The van der Waals surface area contributed by atoms with E-state index in [4.69, 9.17) is 11.6 Å². The average molecular weight is 358 g/mol. The van der Waals surface area contributed by atoms with Gasteiger partial charge in [0, 0.05) is 23.2 Å². The molecule has 2 N–H and O–H groups in total. The van der Waals surface area contributed by atoms with Crippen molar-refractivity contribution in [3.05, 3.63) is 64.5 Å². The fourth-order valence-corrected chi connectivity index (χ4v) is 3.25. The molecule has 0 radical (unpaired) electrons. The van der Waals surface area contributed by atoms with Crippen LogP contribution in [0.5, 0.6) is 0 Å². The average Bonchev–Trinajstić information content (AvgIpc) is 3.04. The second kappa shape index (κ2) is 7.47. The Morgan fingerprint density at radius 2 is 2.04 bits per heavy atom. The number of carbonyl (C=O) groups is 1. The number of amides is 1. The number of hydrogen-bond donors (Lipinski definition) is 2. The lowest BCUT2D eigenvalue weighted by Crippen LogP contribution is -2.12. The number of hydrogen-bond acceptors (Lipinski definition) is 4. The maximum atomic E-state index is 12.4. The van der Waals surface area contributed by atoms with Crippen LogP contribution < -0.4 is 10.6 Å². The predicted octanol–water partition coefficient (Wildman–Crippen LogP) is 5.15. The number of nitrogens with zero attached hydrogens (tertiary/aromatic N) is 1. The van der Waals surface area contributed by atoms with Crippen LogP contribution >= 0.6 is 22.9 Å². The summed E-state index contributed by atoms with van der Waals surface area (Å²) in [5.41, 5.74) is 2.99. The van der Waals surface area contributed by atoms with Crippen molar-refractivity contribution in [2.45, 2.75) is 6.92 Å². The van der Waals surface area contributed by atoms with Gasteiger partial charge in [0.1, 0.15) is 0 Å². The zero-order chi connectivity index (χ0) is 16.9. The molecule has 0 spiro atoms. The van der Waals surface area contributed by atoms with Gasteiger partial charge in [-0.05, 0) is 31.2 Å². The summed E-state index contributed by atoms with van der Waals surface area (Å²) in [6.07, 6.45) is 0. The summed E-state index contributed by atoms with van der Waals surface area (Å²) < 4.78 is 0. The Bertz CT molecular complexity index is 863. The molecule has 0 aliphatic rings. The van der Waals surface area contributed by atoms with Gasteiger partial charge in [-0.25, -0.2) is 4.98 Å². The molecule has 0 fully saturated rings. The molecule has 0 saturated carbocycles. The Hall–Kier alpha value is -2.37. The molecule has 24 heavy (non-hydrogen) atoms. The second-order valence-corrected chi connectivity index (χ2v) is 6.35. The fraction of sp³-hybridized carbons (Fsp3) is 0.111. The minimum Gasteiger partial charge on any atom is -0.362 e. The summed E-state index contributed by atoms with van der Waals surface area (Å²) in [6, 6.07) is 14.6. The summed E-state index contributed by atoms with van der Waals surface area (Å²) in [5.74, 6) is -0.232. The number of nitrogens with one attached hydrogen (secondary N) is 2. The van der Waals surface area contributed by atoms with E-state index in [2.05, 4.69) is 15.6 Å². The van der Waals surface area contributed by atoms with Gasteiger partial charge in [0.05, 0.1) is 16.3 Å². The maximum Gasteiger partial charge on any atom is 0.257 e. The highest BCUT2D eigenvalue weighted by atomic mass is 35.5. The van der Waals surface area contributed by atoms with Gasteiger partial charge in [-0.1, -0.05) is 35.9 Å². The Kier molecular flexibility index (Phi) is 5.13. The molecule has 1 aromatic heterocycles. The molecule has 3 aromatic rings. The van der Waals surface area contributed by atoms with Gasteiger partial charge in [0.2, 0.25) is 0 Å². The third kappa shape index (κ3) is 3.75. The molecule has 0 aliphatic heterocycles. The van der Waals surface area contributed by atoms with Crippen LogP contribution in [0, 0.1) is 0 Å². The van der Waals surface area contributed by atoms with Crippen LogP contribution in [0.15, 0.2) is 53.9 Å². The zero-order valence-corrected chi connectivity index (χ0v) is 14.6. The van der Waals surface area contributed by atoms with E-state index in [9.17, 15) is 4.79 Å². The molecule has 0 saturated heterocycles. The van der Waals surface area contributed by atoms with Gasteiger partial charge < -0.3 is 10.6 Å². The van der Waals surface area contributed by atoms with Crippen LogP contribution in [0.2, 0.25) is 5.02 Å². The minimum atomic E-state index is -0.232. The molecular formula is C18H16ClN3OS. The highest BCUT2D eigenvalue weighted by Gasteiger charge is 2.11. The van der Waals surface area contributed by atoms with Crippen LogP contribution in [0.25, 0.3) is 11.3 Å². The number of rotatable bonds is 5. The third-order valence-electron chi connectivity index (χ3n) is 3.37. The standard InChI is InChI=1S/C18H16ClN3OS/c1-2-20-18-22-16(11-24-18)12-6-5-7-13(10-12)21-17(23)14-8-3-4-9-15(14)19/h3-11H,2H2,1H3,(H,20,22)(H,21,23). The summed E-state index contributed by atoms with van der Waals surface area (Å²) >= 11 is 7.63. The van der Waals surface area contributed by atoms with Crippen LogP contribution in [-0.2, 0) is 0 Å². The molecular weight excluding hydrogens is 342 g/mol. The van der Waals surface area contributed by atoms with Crippen molar-refractivity contribution in [2.75, 3.05) is 17.2 Å². The largest absolute Gasteiger partial charge is 0.362 e. The van der Waals surface area contributed by atoms with Crippen molar-refractivity contribution in [2.24, 2.45) is 0 Å². The molecule has 0 bridgehead atoms. The number of thiazole rings is 1. The molecule has 2 aromatic carbocycles. The highest BCUT2D eigenvalue weighted by molar-refractivity contribution is 7.14. The first kappa shape index (κ1) is 16.5. The van der Waals surface area contributed by atoms with Crippen molar-refractivity contribution >= 4 is 39.7 Å². The van der Waals surface area contributed by atoms with Gasteiger partial charge in [-0.15, -0.1) is 11.3 Å². The molecule has 0 atom stereocenters. The Morgan fingerprint density at radius 3 is 2.83 bits per heavy atom. The lowest BCUT2D eigenvalue weighted by molar-refractivity contribution is 0.102. The Labute approximate surface area is 149 Å². The van der Waals surface area contributed by atoms with E-state index in [-0.39, 0.29) is 5.91 Å². The van der Waals surface area contributed by atoms with Crippen LogP contribution in [0.4, 0.5) is 10.8 Å². The summed E-state index contributed by atoms with van der Waals surface area (Å²) in [7, 11) is 0. The van der Waals surface area contributed by atoms with Crippen molar-refractivity contribution < 1.29 is 4.79 Å². The molecule has 0 aliphatic carbocycles. The van der Waals surface area contributed by atoms with Gasteiger partial charge in [0.25, 0.3) is 5.91 Å². The Balaban J connectivity index is 1.80. The van der Waals surface area contributed by atoms with E-state index in [1.165, 1.54) is 0 Å². The minimum absolute atomic E-state index is 0.232. The van der Waals surface area contributed by atoms with Gasteiger partial charge in [0.15, 0.2) is 5.13 Å². The smallest absolute Gasteiger partial charge is 0.257 e. The molecule has 6 heteroatoms. The quantitative estimate of drug-likeness (QED) is 0.664. The first-order valence-electron chi connectivity index (χ1n) is 7.53. The van der Waals surface area contributed by atoms with Gasteiger partial charge >= 0.3 is 0 Å². The number of halogens is 1. The predicted molar refractivity (Wildman–Crippen MR) is 101 cm³/mol. The van der Waals surface area contributed by atoms with Crippen molar-refractivity contribution in [1.29, 1.82) is 0 Å². The van der Waals surface area contributed by atoms with Crippen LogP contribution in [-0.4, -0.2) is 17.4 Å². The zero-order valence-electron chi connectivity index (χ0n) is 13.0. The van der Waals surface area contributed by atoms with Gasteiger partial charge in [-0.2, -0.15) is 0 Å². The van der Waals surface area contributed by atoms with Gasteiger partial charge in [-0.3, -0.25) is 4.79 Å². The maximum absolute atomic E-state index is 12.4. The SMILES string of the molecule is CCNc1nc(-c2cccc(NC(=O)c3ccccc3Cl)c2)cs1. The fourth-order valence-electron chi connectivity index (χ4n) is 2.24. The molecule has 1 heterocycles. The lowest BCUT2D eigenvalue weighted by atomic mass is 10.1. The topological polar surface area (TPSA) is 54.0 Å². The third-order valence-corrected chi connectivity index (χ3v) is 4.50. The lowest BCUT2D eigenvalue weighted by Gasteiger charge is -2.08. The monoisotopic (exact) mass is 357 g/mol. The van der Waals surface area contributed by atoms with Crippen LogP contribution in [0.3, 0.4) is 0 Å². The van der Waals surface area contributed by atoms with E-state index in [0.29, 0.717) is 16.3 Å². The molecule has 4 nitrogen and oxygen atoms in total. The molecule has 0 unspecified atom stereocenters. The summed E-state index contributed by atoms with van der Waals surface area (Å²) in [4.78, 5) is 16.9. The summed E-state index contributed by atoms with van der Waals surface area (Å²) in [5, 5.41) is 9.38. The first-order chi connectivity index (χ1) is 11.7. The Morgan fingerprint density at radius 1 is 1.21 bits per heavy atom. The van der Waals surface area contributed by atoms with E-state index in [0.717, 1.165) is 22.9 Å². The van der Waals surface area contributed by atoms with Crippen molar-refractivity contribution in [3.8, 4) is 11.3 Å². The van der Waals surface area contributed by atoms with E-state index < -0.39 is 0 Å². The highest BCUT2D eigenvalue weighted by Crippen LogP contribution is 2.27. The van der Waals surface area contributed by atoms with Crippen molar-refractivity contribution in [1.82, 2.24) is 4.98 Å². The second-order valence-electron chi connectivity index (χ2n) is 5.08. The molecule has 3 rings (SSSR count). The normalized spacial score (nSPS) is 10.4. The number of benzene rings is 2. The van der Waals surface area contributed by atoms with E-state index in [1.807, 2.05) is 36.6 Å². The summed E-state index contributed by atoms with van der Waals surface area (Å²) in [6.45, 7) is 2.87. The van der Waals surface area contributed by atoms with E-state index in [1.54, 1.807) is 35.6 Å². The van der Waals surface area contributed by atoms with Crippen molar-refractivity contribution in [3.63, 3.8) is 0 Å².